The van der Waals surface area contributed by atoms with Crippen LogP contribution >= 0.6 is 0 Å². The SMILES string of the molecule is CC(=O)Nc1ccc(S(=O)(=O)O)c2c(N=Nc3ccc(S(=O)(=O)NC(C)(C)C)cc3)ccc(O)c12.[H-].[Na+]. The van der Waals surface area contributed by atoms with Crippen LogP contribution in [-0.2, 0) is 24.9 Å². The zero-order valence-electron chi connectivity index (χ0n) is 21.3. The number of nitrogens with zero attached hydrogens (tertiary/aromatic N) is 2. The van der Waals surface area contributed by atoms with E-state index in [1.807, 2.05) is 0 Å². The molecule has 0 aliphatic carbocycles. The minimum Gasteiger partial charge on any atom is -1.00 e. The Morgan fingerprint density at radius 3 is 2.06 bits per heavy atom. The van der Waals surface area contributed by atoms with Crippen molar-refractivity contribution in [3.05, 3.63) is 48.5 Å². The molecule has 0 aromatic heterocycles. The van der Waals surface area contributed by atoms with Gasteiger partial charge in [0.1, 0.15) is 10.6 Å². The fourth-order valence-corrected chi connectivity index (χ4v) is 5.41. The number of sulfonamides is 1. The first-order valence-corrected chi connectivity index (χ1v) is 13.1. The van der Waals surface area contributed by atoms with Crippen LogP contribution in [0.4, 0.5) is 17.1 Å². The Bertz CT molecular complexity index is 1550. The second-order valence-corrected chi connectivity index (χ2v) is 11.7. The second kappa shape index (κ2) is 10.9. The average molecular weight is 545 g/mol. The predicted molar refractivity (Wildman–Crippen MR) is 132 cm³/mol. The van der Waals surface area contributed by atoms with Crippen molar-refractivity contribution in [1.29, 1.82) is 0 Å². The van der Waals surface area contributed by atoms with Crippen molar-refractivity contribution in [3.8, 4) is 5.75 Å². The van der Waals surface area contributed by atoms with Gasteiger partial charge in [0.25, 0.3) is 10.1 Å². The Hall–Kier alpha value is -2.39. The summed E-state index contributed by atoms with van der Waals surface area (Å²) in [5, 5.41) is 20.8. The number of fused-ring (bicyclic) bond motifs is 1. The van der Waals surface area contributed by atoms with Gasteiger partial charge in [0.2, 0.25) is 15.9 Å². The normalized spacial score (nSPS) is 12.5. The van der Waals surface area contributed by atoms with Crippen LogP contribution in [-0.4, -0.2) is 37.9 Å². The number of nitrogens with one attached hydrogen (secondary N) is 2. The third-order valence-electron chi connectivity index (χ3n) is 4.53. The summed E-state index contributed by atoms with van der Waals surface area (Å²) in [5.74, 6) is -0.817. The van der Waals surface area contributed by atoms with Crippen LogP contribution in [0.25, 0.3) is 10.8 Å². The van der Waals surface area contributed by atoms with Crippen molar-refractivity contribution in [1.82, 2.24) is 4.72 Å². The van der Waals surface area contributed by atoms with Crippen molar-refractivity contribution >= 4 is 53.9 Å². The molecule has 14 heteroatoms. The number of carbonyl (C=O) groups is 1. The van der Waals surface area contributed by atoms with Crippen LogP contribution in [0.2, 0.25) is 0 Å². The minimum absolute atomic E-state index is 0. The Balaban J connectivity index is 0.00000342. The number of carbonyl (C=O) groups excluding carboxylic acids is 1. The van der Waals surface area contributed by atoms with E-state index in [-0.39, 0.29) is 69.5 Å². The summed E-state index contributed by atoms with van der Waals surface area (Å²) < 4.78 is 61.2. The van der Waals surface area contributed by atoms with Gasteiger partial charge >= 0.3 is 29.6 Å². The maximum Gasteiger partial charge on any atom is 1.00 e. The Morgan fingerprint density at radius 1 is 0.917 bits per heavy atom. The first-order chi connectivity index (χ1) is 16.1. The molecule has 4 N–H and O–H groups in total. The first kappa shape index (κ1) is 29.8. The number of rotatable bonds is 6. The Kier molecular flexibility index (Phi) is 9.06. The summed E-state index contributed by atoms with van der Waals surface area (Å²) in [4.78, 5) is 11.1. The number of anilines is 1. The topological polar surface area (TPSA) is 175 Å². The summed E-state index contributed by atoms with van der Waals surface area (Å²) in [6.07, 6.45) is 0. The van der Waals surface area contributed by atoms with Crippen molar-refractivity contribution < 1.29 is 62.3 Å². The number of phenolic OH excluding ortho intramolecular Hbond substituents is 1. The van der Waals surface area contributed by atoms with Gasteiger partial charge in [-0.1, -0.05) is 0 Å². The van der Waals surface area contributed by atoms with Crippen LogP contribution in [0.5, 0.6) is 5.75 Å². The van der Waals surface area contributed by atoms with E-state index in [9.17, 15) is 31.3 Å². The monoisotopic (exact) mass is 544 g/mol. The summed E-state index contributed by atoms with van der Waals surface area (Å²) >= 11 is 0. The molecule has 0 radical (unpaired) electrons. The van der Waals surface area contributed by atoms with E-state index in [0.29, 0.717) is 0 Å². The van der Waals surface area contributed by atoms with Gasteiger partial charge in [-0.25, -0.2) is 13.1 Å². The third kappa shape index (κ3) is 7.09. The molecule has 1 amide bonds. The summed E-state index contributed by atoms with van der Waals surface area (Å²) in [7, 11) is -8.48. The molecule has 0 spiro atoms. The van der Waals surface area contributed by atoms with Gasteiger partial charge in [0, 0.05) is 17.8 Å². The molecule has 0 bridgehead atoms. The van der Waals surface area contributed by atoms with Crippen molar-refractivity contribution in [2.45, 2.75) is 43.0 Å². The van der Waals surface area contributed by atoms with E-state index in [1.54, 1.807) is 20.8 Å². The number of azo groups is 1. The van der Waals surface area contributed by atoms with Gasteiger partial charge in [0.15, 0.2) is 0 Å². The standard InChI is InChI=1S/C22H24N4O7S2.Na.H/c1-13(27)23-16-10-12-19(35(31,32)33)21-17(9-11-18(28)20(16)21)25-24-14-5-7-15(8-6-14)34(29,30)26-22(2,3)4;;/h5-12,26,28H,1-4H3,(H,23,27)(H,31,32,33);;/q;+1;-1. The van der Waals surface area contributed by atoms with E-state index < -0.39 is 36.5 Å². The molecule has 0 saturated heterocycles. The quantitative estimate of drug-likeness (QED) is 0.206. The molecule has 36 heavy (non-hydrogen) atoms. The van der Waals surface area contributed by atoms with Crippen molar-refractivity contribution in [2.75, 3.05) is 5.32 Å². The molecule has 3 aromatic carbocycles. The second-order valence-electron chi connectivity index (χ2n) is 8.67. The molecule has 0 unspecified atom stereocenters. The molecular formula is C22H25N4NaO7S2. The molecule has 188 valence electrons. The first-order valence-electron chi connectivity index (χ1n) is 10.2. The van der Waals surface area contributed by atoms with E-state index in [1.165, 1.54) is 49.4 Å². The molecule has 3 rings (SSSR count). The smallest absolute Gasteiger partial charge is 1.00 e. The zero-order valence-corrected chi connectivity index (χ0v) is 23.9. The van der Waals surface area contributed by atoms with E-state index in [4.69, 9.17) is 0 Å². The van der Waals surface area contributed by atoms with Gasteiger partial charge in [-0.15, -0.1) is 5.11 Å². The van der Waals surface area contributed by atoms with Crippen molar-refractivity contribution in [3.63, 3.8) is 0 Å². The van der Waals surface area contributed by atoms with E-state index in [2.05, 4.69) is 20.3 Å². The summed E-state index contributed by atoms with van der Waals surface area (Å²) in [6, 6.07) is 10.3. The number of phenols is 1. The number of benzene rings is 3. The predicted octanol–water partition coefficient (Wildman–Crippen LogP) is 1.36. The van der Waals surface area contributed by atoms with E-state index >= 15 is 0 Å². The fraction of sp³-hybridized carbons (Fsp3) is 0.227. The molecule has 3 aromatic rings. The number of aromatic hydroxyl groups is 1. The molecule has 0 saturated carbocycles. The minimum atomic E-state index is -4.73. The molecule has 11 nitrogen and oxygen atoms in total. The van der Waals surface area contributed by atoms with Crippen LogP contribution in [0.15, 0.2) is 68.6 Å². The van der Waals surface area contributed by atoms with Crippen molar-refractivity contribution in [2.24, 2.45) is 10.2 Å². The molecular weight excluding hydrogens is 519 g/mol. The summed E-state index contributed by atoms with van der Waals surface area (Å²) in [5.41, 5.74) is -0.329. The van der Waals surface area contributed by atoms with Crippen LogP contribution in [0, 0.1) is 0 Å². The Labute approximate surface area is 232 Å². The third-order valence-corrected chi connectivity index (χ3v) is 7.20. The zero-order chi connectivity index (χ0) is 26.2. The average Bonchev–Trinajstić information content (AvgIpc) is 2.70. The Morgan fingerprint density at radius 2 is 1.53 bits per heavy atom. The maximum atomic E-state index is 12.5. The van der Waals surface area contributed by atoms with Gasteiger partial charge < -0.3 is 11.8 Å². The molecule has 0 fully saturated rings. The number of amides is 1. The van der Waals surface area contributed by atoms with E-state index in [0.717, 1.165) is 6.07 Å². The van der Waals surface area contributed by atoms with Crippen LogP contribution in [0.3, 0.4) is 0 Å². The maximum absolute atomic E-state index is 12.5. The summed E-state index contributed by atoms with van der Waals surface area (Å²) in [6.45, 7) is 6.39. The van der Waals surface area contributed by atoms with Crippen LogP contribution in [0.1, 0.15) is 29.1 Å². The largest absolute Gasteiger partial charge is 1.00 e. The molecule has 0 heterocycles. The van der Waals surface area contributed by atoms with Gasteiger partial charge in [0.05, 0.1) is 27.3 Å². The van der Waals surface area contributed by atoms with Gasteiger partial charge in [-0.2, -0.15) is 13.5 Å². The fourth-order valence-electron chi connectivity index (χ4n) is 3.29. The van der Waals surface area contributed by atoms with Crippen LogP contribution < -0.4 is 39.6 Å². The molecule has 0 aliphatic rings. The van der Waals surface area contributed by atoms with Gasteiger partial charge in [-0.05, 0) is 69.3 Å². The number of hydrogen-bond acceptors (Lipinski definition) is 8. The van der Waals surface area contributed by atoms with Gasteiger partial charge in [-0.3, -0.25) is 9.35 Å². The molecule has 0 aliphatic heterocycles. The number of hydrogen-bond donors (Lipinski definition) is 4. The molecule has 0 atom stereocenters.